The highest BCUT2D eigenvalue weighted by Crippen LogP contribution is 1.96. The fourth-order valence-corrected chi connectivity index (χ4v) is 0.694. The SMILES string of the molecule is COC[n+]1ccc(Cl)nc1. The van der Waals surface area contributed by atoms with Gasteiger partial charge in [-0.05, 0) is 16.6 Å². The molecule has 0 amide bonds. The molecule has 3 nitrogen and oxygen atoms in total. The van der Waals surface area contributed by atoms with Crippen molar-refractivity contribution in [2.45, 2.75) is 6.73 Å². The highest BCUT2D eigenvalue weighted by Gasteiger charge is 1.97. The van der Waals surface area contributed by atoms with Crippen molar-refractivity contribution >= 4 is 11.6 Å². The Bertz CT molecular complexity index is 199. The molecule has 4 heteroatoms. The zero-order valence-electron chi connectivity index (χ0n) is 5.62. The molecule has 1 heterocycles. The first-order chi connectivity index (χ1) is 4.83. The fraction of sp³-hybridized carbons (Fsp3) is 0.333. The van der Waals surface area contributed by atoms with E-state index in [2.05, 4.69) is 4.98 Å². The van der Waals surface area contributed by atoms with Gasteiger partial charge in [-0.3, -0.25) is 0 Å². The topological polar surface area (TPSA) is 26.0 Å². The van der Waals surface area contributed by atoms with Gasteiger partial charge >= 0.3 is 0 Å². The smallest absolute Gasteiger partial charge is 0.289 e. The van der Waals surface area contributed by atoms with E-state index in [0.717, 1.165) is 0 Å². The van der Waals surface area contributed by atoms with E-state index in [9.17, 15) is 0 Å². The monoisotopic (exact) mass is 159 g/mol. The molecule has 0 saturated carbocycles. The average molecular weight is 160 g/mol. The van der Waals surface area contributed by atoms with Crippen LogP contribution in [0.15, 0.2) is 18.6 Å². The number of ether oxygens (including phenoxy) is 1. The Labute approximate surface area is 64.2 Å². The molecule has 0 bridgehead atoms. The van der Waals surface area contributed by atoms with Gasteiger partial charge in [0.2, 0.25) is 5.15 Å². The summed E-state index contributed by atoms with van der Waals surface area (Å²) < 4.78 is 6.63. The third-order valence-electron chi connectivity index (χ3n) is 1.01. The van der Waals surface area contributed by atoms with Crippen molar-refractivity contribution in [2.24, 2.45) is 0 Å². The van der Waals surface area contributed by atoms with Crippen molar-refractivity contribution in [3.05, 3.63) is 23.7 Å². The fourth-order valence-electron chi connectivity index (χ4n) is 0.594. The van der Waals surface area contributed by atoms with Crippen LogP contribution in [0, 0.1) is 0 Å². The first-order valence-electron chi connectivity index (χ1n) is 2.82. The summed E-state index contributed by atoms with van der Waals surface area (Å²) in [7, 11) is 1.63. The molecule has 0 N–H and O–H groups in total. The van der Waals surface area contributed by atoms with Crippen LogP contribution < -0.4 is 4.57 Å². The van der Waals surface area contributed by atoms with E-state index in [1.54, 1.807) is 30.3 Å². The molecular weight excluding hydrogens is 152 g/mol. The van der Waals surface area contributed by atoms with Gasteiger partial charge in [-0.15, -0.1) is 0 Å². The molecule has 0 atom stereocenters. The van der Waals surface area contributed by atoms with Crippen molar-refractivity contribution in [1.29, 1.82) is 0 Å². The number of rotatable bonds is 2. The first kappa shape index (κ1) is 7.44. The van der Waals surface area contributed by atoms with Crippen LogP contribution in [0.4, 0.5) is 0 Å². The molecule has 10 heavy (non-hydrogen) atoms. The predicted molar refractivity (Wildman–Crippen MR) is 36.5 cm³/mol. The van der Waals surface area contributed by atoms with Crippen LogP contribution in [-0.2, 0) is 11.5 Å². The second kappa shape index (κ2) is 3.49. The molecule has 54 valence electrons. The second-order valence-corrected chi connectivity index (χ2v) is 2.20. The summed E-state index contributed by atoms with van der Waals surface area (Å²) in [6, 6.07) is 1.71. The summed E-state index contributed by atoms with van der Waals surface area (Å²) in [5.74, 6) is 0. The maximum absolute atomic E-state index is 5.55. The molecule has 0 aromatic carbocycles. The van der Waals surface area contributed by atoms with Gasteiger partial charge in [0.15, 0.2) is 6.73 Å². The number of aromatic nitrogens is 2. The third-order valence-corrected chi connectivity index (χ3v) is 1.23. The van der Waals surface area contributed by atoms with Crippen LogP contribution in [0.5, 0.6) is 0 Å². The van der Waals surface area contributed by atoms with Crippen molar-refractivity contribution in [3.63, 3.8) is 0 Å². The number of halogens is 1. The van der Waals surface area contributed by atoms with E-state index < -0.39 is 0 Å². The molecule has 0 aliphatic rings. The Morgan fingerprint density at radius 1 is 1.80 bits per heavy atom. The Kier molecular flexibility index (Phi) is 2.59. The molecule has 0 aliphatic heterocycles. The molecule has 1 rings (SSSR count). The van der Waals surface area contributed by atoms with E-state index in [1.165, 1.54) is 0 Å². The molecule has 0 fully saturated rings. The van der Waals surface area contributed by atoms with E-state index >= 15 is 0 Å². The van der Waals surface area contributed by atoms with E-state index in [1.807, 2.05) is 0 Å². The van der Waals surface area contributed by atoms with Crippen molar-refractivity contribution < 1.29 is 9.30 Å². The summed E-state index contributed by atoms with van der Waals surface area (Å²) >= 11 is 5.55. The van der Waals surface area contributed by atoms with Crippen LogP contribution in [0.1, 0.15) is 0 Å². The molecule has 0 unspecified atom stereocenters. The molecule has 0 aliphatic carbocycles. The molecule has 0 radical (unpaired) electrons. The normalized spacial score (nSPS) is 9.80. The van der Waals surface area contributed by atoms with Gasteiger partial charge in [0.25, 0.3) is 6.33 Å². The van der Waals surface area contributed by atoms with Crippen LogP contribution >= 0.6 is 11.6 Å². The van der Waals surface area contributed by atoms with Gasteiger partial charge in [-0.2, -0.15) is 0 Å². The Morgan fingerprint density at radius 2 is 2.60 bits per heavy atom. The van der Waals surface area contributed by atoms with E-state index in [4.69, 9.17) is 16.3 Å². The first-order valence-corrected chi connectivity index (χ1v) is 3.20. The Hall–Kier alpha value is -0.670. The summed E-state index contributed by atoms with van der Waals surface area (Å²) in [5, 5.41) is 0.493. The molecule has 1 aromatic rings. The minimum atomic E-state index is 0.493. The lowest BCUT2D eigenvalue weighted by Crippen LogP contribution is -2.34. The summed E-state index contributed by atoms with van der Waals surface area (Å²) in [4.78, 5) is 3.85. The van der Waals surface area contributed by atoms with Gasteiger partial charge in [0, 0.05) is 13.2 Å². The quantitative estimate of drug-likeness (QED) is 0.467. The van der Waals surface area contributed by atoms with E-state index in [0.29, 0.717) is 11.9 Å². The minimum Gasteiger partial charge on any atom is -0.345 e. The Balaban J connectivity index is 2.69. The highest BCUT2D eigenvalue weighted by atomic mass is 35.5. The number of methoxy groups -OCH3 is 1. The summed E-state index contributed by atoms with van der Waals surface area (Å²) in [5.41, 5.74) is 0. The number of hydrogen-bond donors (Lipinski definition) is 0. The minimum absolute atomic E-state index is 0.493. The second-order valence-electron chi connectivity index (χ2n) is 1.82. The summed E-state index contributed by atoms with van der Waals surface area (Å²) in [6.07, 6.45) is 3.42. The predicted octanol–water partition coefficient (Wildman–Crippen LogP) is 0.626. The zero-order valence-corrected chi connectivity index (χ0v) is 6.38. The Morgan fingerprint density at radius 3 is 3.10 bits per heavy atom. The van der Waals surface area contributed by atoms with Gasteiger partial charge in [-0.25, -0.2) is 4.57 Å². The summed E-state index contributed by atoms with van der Waals surface area (Å²) in [6.45, 7) is 0.504. The largest absolute Gasteiger partial charge is 0.345 e. The van der Waals surface area contributed by atoms with Gasteiger partial charge in [0.05, 0.1) is 6.20 Å². The molecule has 0 spiro atoms. The highest BCUT2D eigenvalue weighted by molar-refractivity contribution is 6.29. The molecular formula is C6H8ClN2O+. The van der Waals surface area contributed by atoms with Crippen LogP contribution in [0.25, 0.3) is 0 Å². The standard InChI is InChI=1S/C6H8ClN2O/c1-10-5-9-3-2-6(7)8-4-9/h2-4H,5H2,1H3/q+1. The third kappa shape index (κ3) is 1.93. The zero-order chi connectivity index (χ0) is 7.40. The number of hydrogen-bond acceptors (Lipinski definition) is 2. The van der Waals surface area contributed by atoms with Crippen molar-refractivity contribution in [2.75, 3.05) is 7.11 Å². The lowest BCUT2D eigenvalue weighted by Gasteiger charge is -1.93. The van der Waals surface area contributed by atoms with E-state index in [-0.39, 0.29) is 0 Å². The maximum Gasteiger partial charge on any atom is 0.289 e. The lowest BCUT2D eigenvalue weighted by atomic mass is 10.7. The average Bonchev–Trinajstić information content (AvgIpc) is 1.95. The van der Waals surface area contributed by atoms with Gasteiger partial charge < -0.3 is 4.74 Å². The van der Waals surface area contributed by atoms with Gasteiger partial charge in [-0.1, -0.05) is 0 Å². The van der Waals surface area contributed by atoms with Crippen LogP contribution in [-0.4, -0.2) is 12.1 Å². The maximum atomic E-state index is 5.55. The van der Waals surface area contributed by atoms with Crippen LogP contribution in [0.3, 0.4) is 0 Å². The van der Waals surface area contributed by atoms with Crippen molar-refractivity contribution in [1.82, 2.24) is 4.98 Å². The van der Waals surface area contributed by atoms with Gasteiger partial charge in [0.1, 0.15) is 0 Å². The number of nitrogens with zero attached hydrogens (tertiary/aromatic N) is 2. The van der Waals surface area contributed by atoms with Crippen LogP contribution in [0.2, 0.25) is 5.15 Å². The molecule has 1 aromatic heterocycles. The van der Waals surface area contributed by atoms with Crippen molar-refractivity contribution in [3.8, 4) is 0 Å². The lowest BCUT2D eigenvalue weighted by molar-refractivity contribution is -0.733. The molecule has 0 saturated heterocycles.